The minimum Gasteiger partial charge on any atom is -0.394 e. The van der Waals surface area contributed by atoms with E-state index in [1.807, 2.05) is 0 Å². The number of likely N-dealkylation sites (tertiary alicyclic amines) is 1. The molecular formula is C16H33N3O. The zero-order valence-corrected chi connectivity index (χ0v) is 13.6. The fraction of sp³-hybridized carbons (Fsp3) is 1.00. The van der Waals surface area contributed by atoms with Gasteiger partial charge in [-0.05, 0) is 79.2 Å². The molecule has 1 atom stereocenters. The minimum atomic E-state index is -0.0746. The average molecular weight is 283 g/mol. The van der Waals surface area contributed by atoms with Gasteiger partial charge in [-0.15, -0.1) is 0 Å². The number of nitrogens with zero attached hydrogens (tertiary/aromatic N) is 2. The van der Waals surface area contributed by atoms with E-state index in [1.165, 1.54) is 45.2 Å². The second kappa shape index (κ2) is 7.21. The molecule has 1 aliphatic carbocycles. The van der Waals surface area contributed by atoms with Crippen LogP contribution in [0.5, 0.6) is 0 Å². The van der Waals surface area contributed by atoms with Gasteiger partial charge in [0, 0.05) is 17.6 Å². The maximum atomic E-state index is 9.62. The summed E-state index contributed by atoms with van der Waals surface area (Å²) in [4.78, 5) is 4.95. The Balaban J connectivity index is 1.65. The summed E-state index contributed by atoms with van der Waals surface area (Å²) < 4.78 is 0. The van der Waals surface area contributed by atoms with E-state index in [1.54, 1.807) is 0 Å². The van der Waals surface area contributed by atoms with E-state index in [2.05, 4.69) is 36.1 Å². The maximum Gasteiger partial charge on any atom is 0.0610 e. The van der Waals surface area contributed by atoms with E-state index in [-0.39, 0.29) is 12.1 Å². The average Bonchev–Trinajstić information content (AvgIpc) is 3.23. The molecule has 0 amide bonds. The predicted octanol–water partition coefficient (Wildman–Crippen LogP) is 1.30. The molecule has 1 saturated carbocycles. The molecular weight excluding hydrogens is 250 g/mol. The minimum absolute atomic E-state index is 0.0746. The molecule has 1 aliphatic heterocycles. The molecule has 20 heavy (non-hydrogen) atoms. The summed E-state index contributed by atoms with van der Waals surface area (Å²) in [6.45, 7) is 6.03. The molecule has 0 aromatic heterocycles. The molecule has 1 heterocycles. The monoisotopic (exact) mass is 283 g/mol. The lowest BCUT2D eigenvalue weighted by atomic mass is 9.96. The summed E-state index contributed by atoms with van der Waals surface area (Å²) in [5.74, 6) is 0. The molecule has 2 aliphatic rings. The number of aliphatic hydroxyl groups excluding tert-OH is 1. The molecule has 0 spiro atoms. The zero-order valence-electron chi connectivity index (χ0n) is 13.6. The van der Waals surface area contributed by atoms with E-state index >= 15 is 0 Å². The molecule has 0 radical (unpaired) electrons. The van der Waals surface area contributed by atoms with Crippen LogP contribution in [0, 0.1) is 0 Å². The predicted molar refractivity (Wildman–Crippen MR) is 84.0 cm³/mol. The first-order valence-electron chi connectivity index (χ1n) is 8.30. The van der Waals surface area contributed by atoms with Crippen LogP contribution >= 0.6 is 0 Å². The van der Waals surface area contributed by atoms with Crippen molar-refractivity contribution in [2.75, 3.05) is 40.3 Å². The molecule has 1 saturated heterocycles. The summed E-state index contributed by atoms with van der Waals surface area (Å²) in [6.07, 6.45) is 7.39. The fourth-order valence-corrected chi connectivity index (χ4v) is 3.25. The van der Waals surface area contributed by atoms with Crippen LogP contribution in [0.2, 0.25) is 0 Å². The van der Waals surface area contributed by atoms with Crippen LogP contribution in [0.1, 0.15) is 45.4 Å². The lowest BCUT2D eigenvalue weighted by Crippen LogP contribution is -2.48. The van der Waals surface area contributed by atoms with Gasteiger partial charge in [-0.3, -0.25) is 0 Å². The highest BCUT2D eigenvalue weighted by Crippen LogP contribution is 2.25. The Kier molecular flexibility index (Phi) is 5.84. The second-order valence-electron chi connectivity index (χ2n) is 7.26. The van der Waals surface area contributed by atoms with Crippen molar-refractivity contribution in [1.82, 2.24) is 15.1 Å². The van der Waals surface area contributed by atoms with Crippen LogP contribution in [-0.2, 0) is 0 Å². The first-order chi connectivity index (χ1) is 9.52. The molecule has 2 fully saturated rings. The second-order valence-corrected chi connectivity index (χ2v) is 7.26. The van der Waals surface area contributed by atoms with Gasteiger partial charge in [0.25, 0.3) is 0 Å². The van der Waals surface area contributed by atoms with Gasteiger partial charge in [0.1, 0.15) is 0 Å². The summed E-state index contributed by atoms with van der Waals surface area (Å²) >= 11 is 0. The summed E-state index contributed by atoms with van der Waals surface area (Å²) in [5, 5.41) is 13.2. The van der Waals surface area contributed by atoms with Crippen molar-refractivity contribution in [1.29, 1.82) is 0 Å². The van der Waals surface area contributed by atoms with E-state index < -0.39 is 0 Å². The van der Waals surface area contributed by atoms with Crippen molar-refractivity contribution in [2.24, 2.45) is 0 Å². The van der Waals surface area contributed by atoms with Crippen LogP contribution in [-0.4, -0.2) is 72.9 Å². The molecule has 118 valence electrons. The van der Waals surface area contributed by atoms with Gasteiger partial charge in [0.15, 0.2) is 0 Å². The van der Waals surface area contributed by atoms with E-state index in [9.17, 15) is 5.11 Å². The standard InChI is InChI=1S/C16H33N3O/c1-16(13-20,17-14-5-6-14)9-4-10-19(3)15-7-11-18(2)12-8-15/h14-15,17,20H,4-13H2,1-3H3. The van der Waals surface area contributed by atoms with Crippen molar-refractivity contribution in [3.05, 3.63) is 0 Å². The summed E-state index contributed by atoms with van der Waals surface area (Å²) in [6, 6.07) is 1.42. The third-order valence-electron chi connectivity index (χ3n) is 5.03. The van der Waals surface area contributed by atoms with E-state index in [0.717, 1.165) is 19.0 Å². The molecule has 2 rings (SSSR count). The molecule has 1 unspecified atom stereocenters. The molecule has 0 aromatic carbocycles. The Morgan fingerprint density at radius 3 is 2.45 bits per heavy atom. The summed E-state index contributed by atoms with van der Waals surface area (Å²) in [7, 11) is 4.48. The normalized spacial score (nSPS) is 25.1. The van der Waals surface area contributed by atoms with Crippen LogP contribution < -0.4 is 5.32 Å². The SMILES string of the molecule is CN1CCC(N(C)CCCC(C)(CO)NC2CC2)CC1. The first kappa shape index (κ1) is 16.2. The number of aliphatic hydroxyl groups is 1. The van der Waals surface area contributed by atoms with Gasteiger partial charge < -0.3 is 20.2 Å². The third-order valence-corrected chi connectivity index (χ3v) is 5.03. The largest absolute Gasteiger partial charge is 0.394 e. The van der Waals surface area contributed by atoms with Gasteiger partial charge in [-0.25, -0.2) is 0 Å². The Hall–Kier alpha value is -0.160. The third kappa shape index (κ3) is 4.99. The van der Waals surface area contributed by atoms with Crippen LogP contribution in [0.3, 0.4) is 0 Å². The Bertz CT molecular complexity index is 287. The first-order valence-corrected chi connectivity index (χ1v) is 8.30. The molecule has 4 nitrogen and oxygen atoms in total. The van der Waals surface area contributed by atoms with Gasteiger partial charge >= 0.3 is 0 Å². The fourth-order valence-electron chi connectivity index (χ4n) is 3.25. The van der Waals surface area contributed by atoms with Gasteiger partial charge in [0.2, 0.25) is 0 Å². The molecule has 0 bridgehead atoms. The molecule has 4 heteroatoms. The van der Waals surface area contributed by atoms with Gasteiger partial charge in [-0.2, -0.15) is 0 Å². The smallest absolute Gasteiger partial charge is 0.0610 e. The lowest BCUT2D eigenvalue weighted by molar-refractivity contribution is 0.128. The van der Waals surface area contributed by atoms with Crippen molar-refractivity contribution in [2.45, 2.75) is 63.1 Å². The van der Waals surface area contributed by atoms with Gasteiger partial charge in [-0.1, -0.05) is 0 Å². The van der Waals surface area contributed by atoms with E-state index in [0.29, 0.717) is 6.04 Å². The zero-order chi connectivity index (χ0) is 14.6. The highest BCUT2D eigenvalue weighted by atomic mass is 16.3. The van der Waals surface area contributed by atoms with Crippen molar-refractivity contribution in [3.8, 4) is 0 Å². The molecule has 2 N–H and O–H groups in total. The highest BCUT2D eigenvalue weighted by Gasteiger charge is 2.31. The number of rotatable bonds is 8. The van der Waals surface area contributed by atoms with Crippen LogP contribution in [0.25, 0.3) is 0 Å². The van der Waals surface area contributed by atoms with E-state index in [4.69, 9.17) is 0 Å². The lowest BCUT2D eigenvalue weighted by Gasteiger charge is -2.36. The Labute approximate surface area is 124 Å². The highest BCUT2D eigenvalue weighted by molar-refractivity contribution is 4.92. The number of piperidine rings is 1. The number of nitrogens with one attached hydrogen (secondary N) is 1. The Morgan fingerprint density at radius 2 is 1.90 bits per heavy atom. The summed E-state index contributed by atoms with van der Waals surface area (Å²) in [5.41, 5.74) is -0.0746. The van der Waals surface area contributed by atoms with Crippen molar-refractivity contribution in [3.63, 3.8) is 0 Å². The maximum absolute atomic E-state index is 9.62. The van der Waals surface area contributed by atoms with Crippen molar-refractivity contribution >= 4 is 0 Å². The van der Waals surface area contributed by atoms with Gasteiger partial charge in [0.05, 0.1) is 6.61 Å². The number of hydrogen-bond donors (Lipinski definition) is 2. The number of hydrogen-bond acceptors (Lipinski definition) is 4. The quantitative estimate of drug-likeness (QED) is 0.704. The molecule has 0 aromatic rings. The van der Waals surface area contributed by atoms with Crippen LogP contribution in [0.4, 0.5) is 0 Å². The Morgan fingerprint density at radius 1 is 1.25 bits per heavy atom. The van der Waals surface area contributed by atoms with Crippen molar-refractivity contribution < 1.29 is 5.11 Å². The topological polar surface area (TPSA) is 38.7 Å². The van der Waals surface area contributed by atoms with Crippen LogP contribution in [0.15, 0.2) is 0 Å².